The molecule has 2 aliphatic heterocycles. The van der Waals surface area contributed by atoms with E-state index in [9.17, 15) is 24.4 Å². The van der Waals surface area contributed by atoms with Gasteiger partial charge in [0.2, 0.25) is 0 Å². The van der Waals surface area contributed by atoms with Gasteiger partial charge in [0.1, 0.15) is 17.1 Å². The minimum atomic E-state index is -1.27. The van der Waals surface area contributed by atoms with Crippen LogP contribution in [-0.4, -0.2) is 45.0 Å². The highest BCUT2D eigenvalue weighted by molar-refractivity contribution is 8.00. The van der Waals surface area contributed by atoms with E-state index in [0.29, 0.717) is 16.9 Å². The maximum atomic E-state index is 12.4. The molecule has 9 heteroatoms. The van der Waals surface area contributed by atoms with Crippen LogP contribution in [0.25, 0.3) is 0 Å². The van der Waals surface area contributed by atoms with Gasteiger partial charge in [-0.25, -0.2) is 4.79 Å². The van der Waals surface area contributed by atoms with E-state index in [4.69, 9.17) is 0 Å². The number of hydrogen-bond donors (Lipinski definition) is 2. The number of carbonyl (C=O) groups excluding carboxylic acids is 2. The van der Waals surface area contributed by atoms with Gasteiger partial charge in [-0.1, -0.05) is 48.2 Å². The van der Waals surface area contributed by atoms with E-state index < -0.39 is 35.2 Å². The zero-order valence-electron chi connectivity index (χ0n) is 13.5. The Morgan fingerprint density at radius 3 is 2.65 bits per heavy atom. The summed E-state index contributed by atoms with van der Waals surface area (Å²) in [5.41, 5.74) is 0.751. The number of thioether (sulfide) groups is 1. The van der Waals surface area contributed by atoms with Crippen molar-refractivity contribution in [3.63, 3.8) is 0 Å². The van der Waals surface area contributed by atoms with Gasteiger partial charge in [0.15, 0.2) is 6.04 Å². The van der Waals surface area contributed by atoms with Crippen LogP contribution < -0.4 is 5.32 Å². The molecule has 3 rings (SSSR count). The Hall–Kier alpha value is -2.94. The molecule has 0 aromatic heterocycles. The number of aliphatic carboxylic acids is 1. The van der Waals surface area contributed by atoms with Gasteiger partial charge < -0.3 is 10.4 Å². The molecule has 26 heavy (non-hydrogen) atoms. The highest BCUT2D eigenvalue weighted by Crippen LogP contribution is 2.40. The number of hydrogen-bond acceptors (Lipinski definition) is 6. The third-order valence-electron chi connectivity index (χ3n) is 4.21. The van der Waals surface area contributed by atoms with E-state index in [2.05, 4.69) is 17.1 Å². The molecule has 8 nitrogen and oxygen atoms in total. The van der Waals surface area contributed by atoms with Crippen molar-refractivity contribution >= 4 is 29.5 Å². The second kappa shape index (κ2) is 7.12. The van der Waals surface area contributed by atoms with Crippen LogP contribution in [0.1, 0.15) is 11.6 Å². The van der Waals surface area contributed by atoms with Crippen molar-refractivity contribution in [3.05, 3.63) is 64.7 Å². The van der Waals surface area contributed by atoms with E-state index in [1.165, 1.54) is 17.8 Å². The Morgan fingerprint density at radius 1 is 1.38 bits per heavy atom. The molecule has 0 radical (unpaired) electrons. The molecule has 1 aromatic carbocycles. The minimum Gasteiger partial charge on any atom is -0.477 e. The number of carboxylic acid groups (broad SMARTS) is 1. The van der Waals surface area contributed by atoms with Crippen molar-refractivity contribution in [2.24, 2.45) is 5.18 Å². The highest BCUT2D eigenvalue weighted by Gasteiger charge is 2.54. The van der Waals surface area contributed by atoms with Gasteiger partial charge in [-0.3, -0.25) is 14.5 Å². The van der Waals surface area contributed by atoms with E-state index >= 15 is 0 Å². The van der Waals surface area contributed by atoms with Crippen LogP contribution in [0, 0.1) is 4.91 Å². The van der Waals surface area contributed by atoms with Gasteiger partial charge in [-0.05, 0) is 11.1 Å². The number of β-lactam (4-membered cyclic amide) rings is 1. The lowest BCUT2D eigenvalue weighted by Gasteiger charge is -2.49. The van der Waals surface area contributed by atoms with Crippen LogP contribution in [0.15, 0.2) is 59.4 Å². The molecule has 1 aromatic rings. The first-order chi connectivity index (χ1) is 12.5. The third-order valence-corrected chi connectivity index (χ3v) is 5.52. The van der Waals surface area contributed by atoms with E-state index in [1.807, 2.05) is 0 Å². The number of allylic oxidation sites excluding steroid dienone is 1. The van der Waals surface area contributed by atoms with Crippen LogP contribution in [0.2, 0.25) is 0 Å². The Morgan fingerprint density at radius 2 is 2.08 bits per heavy atom. The Kier molecular flexibility index (Phi) is 4.90. The number of nitrogens with one attached hydrogen (secondary N) is 1. The van der Waals surface area contributed by atoms with E-state index in [0.717, 1.165) is 4.90 Å². The van der Waals surface area contributed by atoms with Crippen LogP contribution in [0.3, 0.4) is 0 Å². The summed E-state index contributed by atoms with van der Waals surface area (Å²) in [7, 11) is 0. The maximum absolute atomic E-state index is 12.4. The van der Waals surface area contributed by atoms with Gasteiger partial charge in [0.05, 0.1) is 0 Å². The summed E-state index contributed by atoms with van der Waals surface area (Å²) >= 11 is 1.32. The van der Waals surface area contributed by atoms with Crippen molar-refractivity contribution in [1.82, 2.24) is 10.2 Å². The molecule has 0 aliphatic carbocycles. The topological polar surface area (TPSA) is 116 Å². The molecule has 3 atom stereocenters. The zero-order valence-corrected chi connectivity index (χ0v) is 14.3. The van der Waals surface area contributed by atoms with Crippen molar-refractivity contribution in [3.8, 4) is 0 Å². The Labute approximate surface area is 152 Å². The Bertz CT molecular complexity index is 823. The van der Waals surface area contributed by atoms with Crippen LogP contribution in [0.4, 0.5) is 0 Å². The van der Waals surface area contributed by atoms with Gasteiger partial charge in [0, 0.05) is 5.75 Å². The third kappa shape index (κ3) is 2.90. The first-order valence-corrected chi connectivity index (χ1v) is 8.75. The number of fused-ring (bicyclic) bond motifs is 1. The van der Waals surface area contributed by atoms with Crippen molar-refractivity contribution in [1.29, 1.82) is 0 Å². The summed E-state index contributed by atoms with van der Waals surface area (Å²) in [6.07, 6.45) is 1.41. The maximum Gasteiger partial charge on any atom is 0.352 e. The van der Waals surface area contributed by atoms with Crippen molar-refractivity contribution in [2.75, 3.05) is 5.75 Å². The number of carboxylic acids is 1. The van der Waals surface area contributed by atoms with Gasteiger partial charge in [-0.2, -0.15) is 0 Å². The molecular weight excluding hydrogens is 358 g/mol. The molecule has 2 N–H and O–H groups in total. The quantitative estimate of drug-likeness (QED) is 0.575. The number of carbonyl (C=O) groups is 3. The molecule has 1 unspecified atom stereocenters. The SMILES string of the molecule is C=CC1=C(C(=O)O)N2C(=O)[C@@H](NC(=O)C(N=O)c3ccccc3)[C@@H]2SC1. The lowest BCUT2D eigenvalue weighted by molar-refractivity contribution is -0.150. The summed E-state index contributed by atoms with van der Waals surface area (Å²) in [6, 6.07) is 6.11. The fourth-order valence-corrected chi connectivity index (χ4v) is 4.27. The molecule has 134 valence electrons. The average molecular weight is 373 g/mol. The summed E-state index contributed by atoms with van der Waals surface area (Å²) < 4.78 is 0. The fraction of sp³-hybridized carbons (Fsp3) is 0.235. The summed E-state index contributed by atoms with van der Waals surface area (Å²) in [4.78, 5) is 48.5. The van der Waals surface area contributed by atoms with Crippen molar-refractivity contribution in [2.45, 2.75) is 17.5 Å². The smallest absolute Gasteiger partial charge is 0.352 e. The normalized spacial score (nSPS) is 22.8. The predicted octanol–water partition coefficient (Wildman–Crippen LogP) is 1.42. The Balaban J connectivity index is 1.77. The molecule has 0 saturated carbocycles. The number of nitroso groups, excluding NO2 is 1. The van der Waals surface area contributed by atoms with Gasteiger partial charge in [-0.15, -0.1) is 16.7 Å². The molecule has 2 heterocycles. The van der Waals surface area contributed by atoms with E-state index in [-0.39, 0.29) is 5.70 Å². The standard InChI is InChI=1S/C17H15N3O5S/c1-2-9-8-26-16-12(15(22)20(16)13(9)17(23)24)18-14(21)11(19-25)10-6-4-3-5-7-10/h2-7,11-12,16H,1,8H2,(H,18,21)(H,23,24)/t11?,12-,16+/m1/s1. The fourth-order valence-electron chi connectivity index (χ4n) is 2.93. The highest BCUT2D eigenvalue weighted by atomic mass is 32.2. The molecule has 2 aliphatic rings. The van der Waals surface area contributed by atoms with Gasteiger partial charge in [0.25, 0.3) is 11.8 Å². The second-order valence-electron chi connectivity index (χ2n) is 5.70. The number of benzene rings is 1. The minimum absolute atomic E-state index is 0.118. The molecule has 1 saturated heterocycles. The van der Waals surface area contributed by atoms with Crippen LogP contribution in [0.5, 0.6) is 0 Å². The largest absolute Gasteiger partial charge is 0.477 e. The number of nitrogens with zero attached hydrogens (tertiary/aromatic N) is 2. The number of rotatable bonds is 6. The first kappa shape index (κ1) is 17.9. The molecule has 2 amide bonds. The second-order valence-corrected chi connectivity index (χ2v) is 6.80. The molecule has 0 spiro atoms. The van der Waals surface area contributed by atoms with E-state index in [1.54, 1.807) is 30.3 Å². The summed E-state index contributed by atoms with van der Waals surface area (Å²) in [6.45, 7) is 3.57. The van der Waals surface area contributed by atoms with Crippen molar-refractivity contribution < 1.29 is 19.5 Å². The average Bonchev–Trinajstić information content (AvgIpc) is 2.66. The first-order valence-electron chi connectivity index (χ1n) is 7.71. The lowest BCUT2D eigenvalue weighted by Crippen LogP contribution is -2.70. The number of amides is 2. The summed E-state index contributed by atoms with van der Waals surface area (Å²) in [5, 5.41) is 14.2. The van der Waals surface area contributed by atoms with Gasteiger partial charge >= 0.3 is 5.97 Å². The zero-order chi connectivity index (χ0) is 18.8. The predicted molar refractivity (Wildman–Crippen MR) is 94.9 cm³/mol. The molecule has 1 fully saturated rings. The van der Waals surface area contributed by atoms with Crippen LogP contribution >= 0.6 is 11.8 Å². The summed E-state index contributed by atoms with van der Waals surface area (Å²) in [5.74, 6) is -2.09. The monoisotopic (exact) mass is 373 g/mol. The van der Waals surface area contributed by atoms with Crippen LogP contribution in [-0.2, 0) is 14.4 Å². The lowest BCUT2D eigenvalue weighted by atomic mass is 10.0. The molecular formula is C17H15N3O5S. The molecule has 0 bridgehead atoms.